The topological polar surface area (TPSA) is 112 Å². The van der Waals surface area contributed by atoms with Crippen LogP contribution >= 0.6 is 0 Å². The van der Waals surface area contributed by atoms with Crippen molar-refractivity contribution in [3.8, 4) is 16.9 Å². The van der Waals surface area contributed by atoms with Gasteiger partial charge in [-0.2, -0.15) is 5.10 Å². The maximum absolute atomic E-state index is 11.8. The Morgan fingerprint density at radius 2 is 1.67 bits per heavy atom. The van der Waals surface area contributed by atoms with Crippen LogP contribution in [-0.4, -0.2) is 57.4 Å². The van der Waals surface area contributed by atoms with Crippen LogP contribution < -0.4 is 10.1 Å². The van der Waals surface area contributed by atoms with Crippen LogP contribution in [0.15, 0.2) is 36.7 Å². The predicted molar refractivity (Wildman–Crippen MR) is 124 cm³/mol. The van der Waals surface area contributed by atoms with Crippen LogP contribution in [0.2, 0.25) is 0 Å². The van der Waals surface area contributed by atoms with Crippen LogP contribution in [0.5, 0.6) is 5.75 Å². The summed E-state index contributed by atoms with van der Waals surface area (Å²) in [7, 11) is 0. The molecule has 0 fully saturated rings. The number of rotatable bonds is 9. The fourth-order valence-electron chi connectivity index (χ4n) is 2.74. The second kappa shape index (κ2) is 11.2. The van der Waals surface area contributed by atoms with E-state index in [1.165, 1.54) is 0 Å². The monoisotopic (exact) mass is 461 g/mol. The van der Waals surface area contributed by atoms with Gasteiger partial charge in [0.1, 0.15) is 23.6 Å². The Labute approximate surface area is 195 Å². The van der Waals surface area contributed by atoms with Crippen LogP contribution in [0.1, 0.15) is 48.0 Å². The highest BCUT2D eigenvalue weighted by Crippen LogP contribution is 2.22. The van der Waals surface area contributed by atoms with E-state index in [-0.39, 0.29) is 6.61 Å². The molecule has 0 aliphatic carbocycles. The Morgan fingerprint density at radius 1 is 1.03 bits per heavy atom. The predicted octanol–water partition coefficient (Wildman–Crippen LogP) is 3.55. The Bertz CT molecular complexity index is 910. The molecule has 0 aliphatic heterocycles. The number of hydrogen-bond donors (Lipinski definition) is 2. The number of alkyl carbamates (subject to hydrolysis) is 1. The minimum absolute atomic E-state index is 0.191. The van der Waals surface area contributed by atoms with E-state index in [9.17, 15) is 14.7 Å². The third-order valence-electron chi connectivity index (χ3n) is 4.14. The number of aliphatic hydroxyl groups excluding tert-OH is 1. The van der Waals surface area contributed by atoms with E-state index in [1.54, 1.807) is 39.1 Å². The number of amides is 1. The molecular weight excluding hydrogens is 426 g/mol. The van der Waals surface area contributed by atoms with Crippen molar-refractivity contribution in [2.75, 3.05) is 13.2 Å². The fraction of sp³-hybridized carbons (Fsp3) is 0.542. The molecule has 0 bridgehead atoms. The molecule has 1 atom stereocenters. The SMILES string of the molecule is CC(C)(C)OC(=O)NCCCn1cc(-c2ccc(OCC(O)C(=O)OC(C)(C)C)cc2)cn1. The van der Waals surface area contributed by atoms with Crippen LogP contribution in [0, 0.1) is 0 Å². The minimum Gasteiger partial charge on any atom is -0.490 e. The first kappa shape index (κ1) is 26.2. The molecule has 9 nitrogen and oxygen atoms in total. The Kier molecular flexibility index (Phi) is 8.87. The molecule has 2 rings (SSSR count). The molecule has 9 heteroatoms. The Balaban J connectivity index is 1.78. The van der Waals surface area contributed by atoms with E-state index < -0.39 is 29.4 Å². The van der Waals surface area contributed by atoms with Crippen molar-refractivity contribution < 1.29 is 28.9 Å². The highest BCUT2D eigenvalue weighted by atomic mass is 16.6. The summed E-state index contributed by atoms with van der Waals surface area (Å²) in [4.78, 5) is 23.5. The number of carbonyl (C=O) groups is 2. The van der Waals surface area contributed by atoms with E-state index in [2.05, 4.69) is 10.4 Å². The van der Waals surface area contributed by atoms with Crippen LogP contribution in [0.25, 0.3) is 11.1 Å². The summed E-state index contributed by atoms with van der Waals surface area (Å²) in [6.07, 6.45) is 2.63. The van der Waals surface area contributed by atoms with E-state index in [4.69, 9.17) is 14.2 Å². The second-order valence-electron chi connectivity index (χ2n) is 9.66. The molecule has 1 unspecified atom stereocenters. The van der Waals surface area contributed by atoms with Gasteiger partial charge in [-0.05, 0) is 65.7 Å². The lowest BCUT2D eigenvalue weighted by atomic mass is 10.1. The summed E-state index contributed by atoms with van der Waals surface area (Å²) < 4.78 is 17.6. The molecule has 0 saturated heterocycles. The van der Waals surface area contributed by atoms with Crippen molar-refractivity contribution in [1.29, 1.82) is 0 Å². The van der Waals surface area contributed by atoms with Crippen molar-refractivity contribution >= 4 is 12.1 Å². The molecule has 182 valence electrons. The van der Waals surface area contributed by atoms with E-state index in [1.807, 2.05) is 43.8 Å². The van der Waals surface area contributed by atoms with Crippen molar-refractivity contribution in [3.63, 3.8) is 0 Å². The van der Waals surface area contributed by atoms with E-state index >= 15 is 0 Å². The molecule has 0 saturated carbocycles. The van der Waals surface area contributed by atoms with Crippen molar-refractivity contribution in [3.05, 3.63) is 36.7 Å². The van der Waals surface area contributed by atoms with Gasteiger partial charge in [-0.1, -0.05) is 12.1 Å². The third-order valence-corrected chi connectivity index (χ3v) is 4.14. The molecule has 2 N–H and O–H groups in total. The van der Waals surface area contributed by atoms with Gasteiger partial charge in [0.05, 0.1) is 6.20 Å². The van der Waals surface area contributed by atoms with Crippen LogP contribution in [0.4, 0.5) is 4.79 Å². The van der Waals surface area contributed by atoms with Crippen LogP contribution in [-0.2, 0) is 20.8 Å². The largest absolute Gasteiger partial charge is 0.490 e. The van der Waals surface area contributed by atoms with Gasteiger partial charge >= 0.3 is 12.1 Å². The van der Waals surface area contributed by atoms with Gasteiger partial charge in [0.25, 0.3) is 0 Å². The molecule has 0 radical (unpaired) electrons. The Hall–Kier alpha value is -3.07. The zero-order chi connectivity index (χ0) is 24.6. The first-order valence-corrected chi connectivity index (χ1v) is 11.0. The highest BCUT2D eigenvalue weighted by molar-refractivity contribution is 5.75. The number of hydrogen-bond acceptors (Lipinski definition) is 7. The summed E-state index contributed by atoms with van der Waals surface area (Å²) >= 11 is 0. The zero-order valence-corrected chi connectivity index (χ0v) is 20.3. The maximum Gasteiger partial charge on any atom is 0.407 e. The fourth-order valence-corrected chi connectivity index (χ4v) is 2.74. The number of nitrogens with zero attached hydrogens (tertiary/aromatic N) is 2. The standard InChI is InChI=1S/C24H35N3O6/c1-23(2,3)32-21(29)20(28)16-31-19-10-8-17(9-11-19)18-14-26-27(15-18)13-7-12-25-22(30)33-24(4,5)6/h8-11,14-15,20,28H,7,12-13,16H2,1-6H3,(H,25,30). The number of nitrogens with one attached hydrogen (secondary N) is 1. The summed E-state index contributed by atoms with van der Waals surface area (Å²) in [5.41, 5.74) is 0.710. The number of aromatic nitrogens is 2. The number of esters is 1. The van der Waals surface area contributed by atoms with Gasteiger partial charge in [0, 0.05) is 24.8 Å². The normalized spacial score (nSPS) is 12.7. The molecule has 1 heterocycles. The van der Waals surface area contributed by atoms with Gasteiger partial charge in [0.15, 0.2) is 6.10 Å². The summed E-state index contributed by atoms with van der Waals surface area (Å²) in [6.45, 7) is 11.6. The van der Waals surface area contributed by atoms with E-state index in [0.717, 1.165) is 11.1 Å². The molecule has 0 spiro atoms. The summed E-state index contributed by atoms with van der Waals surface area (Å²) in [5, 5.41) is 17.0. The molecular formula is C24H35N3O6. The average molecular weight is 462 g/mol. The van der Waals surface area contributed by atoms with Gasteiger partial charge in [-0.3, -0.25) is 4.68 Å². The number of carbonyl (C=O) groups excluding carboxylic acids is 2. The maximum atomic E-state index is 11.8. The minimum atomic E-state index is -1.35. The second-order valence-corrected chi connectivity index (χ2v) is 9.66. The third kappa shape index (κ3) is 9.95. The quantitative estimate of drug-likeness (QED) is 0.434. The first-order valence-electron chi connectivity index (χ1n) is 11.0. The van der Waals surface area contributed by atoms with Gasteiger partial charge in [-0.25, -0.2) is 9.59 Å². The number of benzene rings is 1. The molecule has 1 amide bonds. The highest BCUT2D eigenvalue weighted by Gasteiger charge is 2.23. The van der Waals surface area contributed by atoms with Crippen LogP contribution in [0.3, 0.4) is 0 Å². The van der Waals surface area contributed by atoms with Crippen molar-refractivity contribution in [2.45, 2.75) is 71.8 Å². The van der Waals surface area contributed by atoms with Gasteiger partial charge in [0.2, 0.25) is 0 Å². The number of ether oxygens (including phenoxy) is 3. The zero-order valence-electron chi connectivity index (χ0n) is 20.3. The van der Waals surface area contributed by atoms with Gasteiger partial charge < -0.3 is 24.6 Å². The molecule has 2 aromatic rings. The summed E-state index contributed by atoms with van der Waals surface area (Å²) in [6, 6.07) is 7.28. The Morgan fingerprint density at radius 3 is 2.27 bits per heavy atom. The molecule has 33 heavy (non-hydrogen) atoms. The average Bonchev–Trinajstić information content (AvgIpc) is 3.16. The molecule has 1 aromatic heterocycles. The van der Waals surface area contributed by atoms with Crippen molar-refractivity contribution in [1.82, 2.24) is 15.1 Å². The van der Waals surface area contributed by atoms with Crippen molar-refractivity contribution in [2.24, 2.45) is 0 Å². The van der Waals surface area contributed by atoms with Gasteiger partial charge in [-0.15, -0.1) is 0 Å². The smallest absolute Gasteiger partial charge is 0.407 e. The lowest BCUT2D eigenvalue weighted by Crippen LogP contribution is -2.35. The van der Waals surface area contributed by atoms with E-state index in [0.29, 0.717) is 25.3 Å². The molecule has 1 aromatic carbocycles. The lowest BCUT2D eigenvalue weighted by molar-refractivity contribution is -0.166. The summed E-state index contributed by atoms with van der Waals surface area (Å²) in [5.74, 6) is -0.185. The lowest BCUT2D eigenvalue weighted by Gasteiger charge is -2.21. The number of aliphatic hydroxyl groups is 1. The first-order chi connectivity index (χ1) is 15.3. The number of aryl methyl sites for hydroxylation is 1. The molecule has 0 aliphatic rings.